The first kappa shape index (κ1) is 46.1. The molecule has 0 saturated heterocycles. The molecule has 364 valence electrons. The Hall–Kier alpha value is -8.50. The van der Waals surface area contributed by atoms with E-state index in [1.807, 2.05) is 91.0 Å². The Balaban J connectivity index is 0.956. The van der Waals surface area contributed by atoms with Crippen molar-refractivity contribution in [2.45, 2.75) is 63.7 Å². The fourth-order valence-corrected chi connectivity index (χ4v) is 13.3. The molecular formula is C67H48N6OS2. The third-order valence-electron chi connectivity index (χ3n) is 15.0. The average Bonchev–Trinajstić information content (AvgIpc) is 4.12. The van der Waals surface area contributed by atoms with Crippen LogP contribution in [0, 0.1) is 0 Å². The summed E-state index contributed by atoms with van der Waals surface area (Å²) in [4.78, 5) is 36.3. The minimum atomic E-state index is -0.736. The molecule has 1 atom stereocenters. The van der Waals surface area contributed by atoms with Crippen LogP contribution >= 0.6 is 23.5 Å². The molecule has 7 nitrogen and oxygen atoms in total. The van der Waals surface area contributed by atoms with Gasteiger partial charge in [0.25, 0.3) is 0 Å². The van der Waals surface area contributed by atoms with Gasteiger partial charge in [-0.05, 0) is 96.0 Å². The first-order chi connectivity index (χ1) is 37.5. The van der Waals surface area contributed by atoms with Crippen LogP contribution in [0.5, 0.6) is 5.75 Å². The molecule has 3 aliphatic rings. The second-order valence-corrected chi connectivity index (χ2v) is 21.9. The molecule has 2 aliphatic heterocycles. The predicted molar refractivity (Wildman–Crippen MR) is 306 cm³/mol. The number of hydrogen-bond donors (Lipinski definition) is 0. The van der Waals surface area contributed by atoms with Crippen LogP contribution in [0.3, 0.4) is 0 Å². The minimum Gasteiger partial charge on any atom is -0.477 e. The number of ether oxygens (including phenoxy) is 1. The van der Waals surface area contributed by atoms with Gasteiger partial charge in [0.05, 0.1) is 0 Å². The zero-order valence-corrected chi connectivity index (χ0v) is 43.2. The predicted octanol–water partition coefficient (Wildman–Crippen LogP) is 17.3. The number of aromatic nitrogens is 6. The fraction of sp³-hybridized carbons (Fsp3) is 0.104. The molecule has 4 heterocycles. The Kier molecular flexibility index (Phi) is 11.7. The van der Waals surface area contributed by atoms with Gasteiger partial charge in [-0.25, -0.2) is 29.9 Å². The molecule has 1 fully saturated rings. The van der Waals surface area contributed by atoms with E-state index in [2.05, 4.69) is 134 Å². The van der Waals surface area contributed by atoms with Crippen molar-refractivity contribution in [3.05, 3.63) is 235 Å². The highest BCUT2D eigenvalue weighted by molar-refractivity contribution is 8.05. The van der Waals surface area contributed by atoms with Crippen molar-refractivity contribution < 1.29 is 4.74 Å². The van der Waals surface area contributed by atoms with Crippen molar-refractivity contribution in [1.29, 1.82) is 0 Å². The summed E-state index contributed by atoms with van der Waals surface area (Å²) in [5, 5.41) is 0. The van der Waals surface area contributed by atoms with Gasteiger partial charge in [-0.1, -0.05) is 212 Å². The Bertz CT molecular complexity index is 3940. The van der Waals surface area contributed by atoms with E-state index < -0.39 is 5.60 Å². The van der Waals surface area contributed by atoms with E-state index in [9.17, 15) is 0 Å². The average molecular weight is 1020 g/mol. The number of hydrogen-bond acceptors (Lipinski definition) is 9. The van der Waals surface area contributed by atoms with Crippen molar-refractivity contribution >= 4 is 23.5 Å². The molecule has 2 aromatic heterocycles. The van der Waals surface area contributed by atoms with Crippen LogP contribution in [0.1, 0.15) is 55.2 Å². The molecule has 9 aromatic carbocycles. The van der Waals surface area contributed by atoms with Gasteiger partial charge in [-0.2, -0.15) is 0 Å². The van der Waals surface area contributed by atoms with Gasteiger partial charge in [0.15, 0.2) is 40.5 Å². The molecule has 0 N–H and O–H groups in total. The standard InChI is InChI=1S/C67H48N6OS2/c1-67(50-26-12-5-13-27-50)55-39-46(42-18-14-15-19-42)30-35-52(55)53-36-31-47(40-56(53)74-67)51-34-32-48(38-54(51)66-72-62(44-22-8-3-9-23-44)68-63(73-66)45-24-10-4-11-25-45)64-69-61(43-20-6-2-7-21-43)70-65(71-64)49-33-37-59-60(41-49)76-58-29-17-16-28-57(58)75-59/h2-13,16-17,20-42H,14-15,18-19H2,1H3. The molecule has 0 amide bonds. The van der Waals surface area contributed by atoms with Crippen LogP contribution in [0.25, 0.3) is 90.6 Å². The van der Waals surface area contributed by atoms with Crippen LogP contribution < -0.4 is 4.74 Å². The molecular weight excluding hydrogens is 969 g/mol. The Morgan fingerprint density at radius 2 is 0.829 bits per heavy atom. The quantitative estimate of drug-likeness (QED) is 0.140. The largest absolute Gasteiger partial charge is 0.477 e. The van der Waals surface area contributed by atoms with Crippen LogP contribution in [0.2, 0.25) is 0 Å². The lowest BCUT2D eigenvalue weighted by Crippen LogP contribution is -2.34. The highest BCUT2D eigenvalue weighted by Crippen LogP contribution is 2.52. The molecule has 1 unspecified atom stereocenters. The molecule has 14 rings (SSSR count). The SMILES string of the molecule is CC1(c2ccccc2)Oc2cc(-c3ccc(-c4nc(-c5ccccc5)nc(-c5ccc6c(c5)Sc5ccccc5S6)n4)cc3-c3nc(-c4ccccc4)nc(-c4ccccc4)n3)ccc2-c2ccc(C3CCCC3)cc21. The summed E-state index contributed by atoms with van der Waals surface area (Å²) in [6, 6.07) is 76.2. The minimum absolute atomic E-state index is 0.518. The van der Waals surface area contributed by atoms with E-state index >= 15 is 0 Å². The summed E-state index contributed by atoms with van der Waals surface area (Å²) in [5.74, 6) is 4.74. The normalized spacial score (nSPS) is 15.5. The van der Waals surface area contributed by atoms with Gasteiger partial charge in [0, 0.05) is 64.1 Å². The number of rotatable bonds is 9. The first-order valence-electron chi connectivity index (χ1n) is 25.9. The lowest BCUT2D eigenvalue weighted by Gasteiger charge is -2.39. The summed E-state index contributed by atoms with van der Waals surface area (Å²) < 4.78 is 7.40. The maximum absolute atomic E-state index is 7.40. The van der Waals surface area contributed by atoms with Crippen molar-refractivity contribution in [2.24, 2.45) is 0 Å². The Morgan fingerprint density at radius 3 is 1.43 bits per heavy atom. The van der Waals surface area contributed by atoms with Crippen molar-refractivity contribution in [3.8, 4) is 96.3 Å². The number of nitrogens with zero attached hydrogens (tertiary/aromatic N) is 6. The molecule has 0 spiro atoms. The van der Waals surface area contributed by atoms with Gasteiger partial charge < -0.3 is 4.74 Å². The Labute approximate surface area is 450 Å². The third-order valence-corrected chi connectivity index (χ3v) is 17.5. The van der Waals surface area contributed by atoms with E-state index in [1.165, 1.54) is 62.0 Å². The van der Waals surface area contributed by atoms with E-state index in [4.69, 9.17) is 34.6 Å². The van der Waals surface area contributed by atoms with E-state index in [1.54, 1.807) is 23.5 Å². The molecule has 9 heteroatoms. The van der Waals surface area contributed by atoms with Gasteiger partial charge >= 0.3 is 0 Å². The number of fused-ring (bicyclic) bond motifs is 5. The zero-order chi connectivity index (χ0) is 50.6. The zero-order valence-electron chi connectivity index (χ0n) is 41.6. The lowest BCUT2D eigenvalue weighted by molar-refractivity contribution is 0.129. The topological polar surface area (TPSA) is 86.6 Å². The van der Waals surface area contributed by atoms with Crippen LogP contribution in [0.15, 0.2) is 238 Å². The third kappa shape index (κ3) is 8.55. The lowest BCUT2D eigenvalue weighted by atomic mass is 9.78. The molecule has 76 heavy (non-hydrogen) atoms. The van der Waals surface area contributed by atoms with E-state index in [-0.39, 0.29) is 0 Å². The van der Waals surface area contributed by atoms with Crippen LogP contribution in [-0.4, -0.2) is 29.9 Å². The van der Waals surface area contributed by atoms with Crippen molar-refractivity contribution in [2.75, 3.05) is 0 Å². The summed E-state index contributed by atoms with van der Waals surface area (Å²) in [5.41, 5.74) is 12.3. The summed E-state index contributed by atoms with van der Waals surface area (Å²) in [6.07, 6.45) is 5.03. The van der Waals surface area contributed by atoms with E-state index in [0.717, 1.165) is 61.4 Å². The van der Waals surface area contributed by atoms with Gasteiger partial charge in [-0.3, -0.25) is 0 Å². The van der Waals surface area contributed by atoms with Gasteiger partial charge in [-0.15, -0.1) is 0 Å². The molecule has 0 bridgehead atoms. The monoisotopic (exact) mass is 1020 g/mol. The second-order valence-electron chi connectivity index (χ2n) is 19.8. The van der Waals surface area contributed by atoms with Crippen LogP contribution in [-0.2, 0) is 5.60 Å². The molecule has 0 radical (unpaired) electrons. The fourth-order valence-electron chi connectivity index (χ4n) is 11.0. The van der Waals surface area contributed by atoms with Gasteiger partial charge in [0.1, 0.15) is 5.75 Å². The second kappa shape index (κ2) is 19.3. The Morgan fingerprint density at radius 1 is 0.368 bits per heavy atom. The van der Waals surface area contributed by atoms with E-state index in [0.29, 0.717) is 40.9 Å². The number of benzene rings is 9. The van der Waals surface area contributed by atoms with Crippen molar-refractivity contribution in [3.63, 3.8) is 0 Å². The molecule has 11 aromatic rings. The summed E-state index contributed by atoms with van der Waals surface area (Å²) in [7, 11) is 0. The molecule has 1 saturated carbocycles. The first-order valence-corrected chi connectivity index (χ1v) is 27.6. The highest BCUT2D eigenvalue weighted by atomic mass is 32.2. The smallest absolute Gasteiger partial charge is 0.164 e. The van der Waals surface area contributed by atoms with Gasteiger partial charge in [0.2, 0.25) is 0 Å². The van der Waals surface area contributed by atoms with Crippen LogP contribution in [0.4, 0.5) is 0 Å². The molecule has 1 aliphatic carbocycles. The maximum atomic E-state index is 7.40. The summed E-state index contributed by atoms with van der Waals surface area (Å²) in [6.45, 7) is 2.23. The summed E-state index contributed by atoms with van der Waals surface area (Å²) >= 11 is 3.57. The van der Waals surface area contributed by atoms with Crippen molar-refractivity contribution in [1.82, 2.24) is 29.9 Å². The highest BCUT2D eigenvalue weighted by Gasteiger charge is 2.39. The maximum Gasteiger partial charge on any atom is 0.164 e.